The van der Waals surface area contributed by atoms with Crippen LogP contribution in [0.2, 0.25) is 0 Å². The zero-order valence-corrected chi connectivity index (χ0v) is 14.6. The van der Waals surface area contributed by atoms with Crippen LogP contribution in [0.3, 0.4) is 0 Å². The van der Waals surface area contributed by atoms with Gasteiger partial charge in [0.2, 0.25) is 5.91 Å². The zero-order valence-electron chi connectivity index (χ0n) is 13.0. The number of H-pyrrole nitrogens is 2. The summed E-state index contributed by atoms with van der Waals surface area (Å²) in [4.78, 5) is 51.6. The van der Waals surface area contributed by atoms with Gasteiger partial charge in [-0.25, -0.2) is 0 Å². The Kier molecular flexibility index (Phi) is 3.60. The summed E-state index contributed by atoms with van der Waals surface area (Å²) in [6.07, 6.45) is 0.523. The Labute approximate surface area is 149 Å². The summed E-state index contributed by atoms with van der Waals surface area (Å²) in [7, 11) is 0. The van der Waals surface area contributed by atoms with Gasteiger partial charge < -0.3 is 10.00 Å². The number of amides is 3. The van der Waals surface area contributed by atoms with Gasteiger partial charge in [-0.15, -0.1) is 0 Å². The van der Waals surface area contributed by atoms with Crippen molar-refractivity contribution in [2.45, 2.75) is 13.0 Å². The maximum Gasteiger partial charge on any atom is 0.269 e. The van der Waals surface area contributed by atoms with Crippen LogP contribution in [0.1, 0.15) is 32.0 Å². The van der Waals surface area contributed by atoms with E-state index in [9.17, 15) is 19.2 Å². The highest BCUT2D eigenvalue weighted by Crippen LogP contribution is 2.26. The molecule has 4 rings (SSSR count). The van der Waals surface area contributed by atoms with Crippen LogP contribution in [0.25, 0.3) is 0 Å². The fraction of sp³-hybridized carbons (Fsp3) is 0.250. The average molecular weight is 405 g/mol. The summed E-state index contributed by atoms with van der Waals surface area (Å²) in [6, 6.07) is 4.82. The molecule has 3 amide bonds. The summed E-state index contributed by atoms with van der Waals surface area (Å²) in [5.74, 6) is -1.32. The number of aromatic nitrogens is 2. The number of hydrogen-bond acceptors (Lipinski definition) is 4. The molecule has 0 saturated carbocycles. The lowest BCUT2D eigenvalue weighted by molar-refractivity contribution is -0.132. The number of carbonyl (C=O) groups excluding carboxylic acids is 3. The highest BCUT2D eigenvalue weighted by molar-refractivity contribution is 9.10. The van der Waals surface area contributed by atoms with Crippen molar-refractivity contribution in [2.75, 3.05) is 13.1 Å². The summed E-state index contributed by atoms with van der Waals surface area (Å²) in [6.45, 7) is 0.262. The fourth-order valence-electron chi connectivity index (χ4n) is 3.17. The molecule has 0 unspecified atom stereocenters. The van der Waals surface area contributed by atoms with Gasteiger partial charge in [-0.3, -0.25) is 29.2 Å². The van der Waals surface area contributed by atoms with Crippen LogP contribution in [0.5, 0.6) is 0 Å². The van der Waals surface area contributed by atoms with Crippen LogP contribution >= 0.6 is 15.9 Å². The molecule has 1 aromatic carbocycles. The number of halogens is 1. The fourth-order valence-corrected chi connectivity index (χ4v) is 3.53. The van der Waals surface area contributed by atoms with Crippen LogP contribution in [0.15, 0.2) is 27.5 Å². The highest BCUT2D eigenvalue weighted by atomic mass is 79.9. The second-order valence-electron chi connectivity index (χ2n) is 5.99. The number of fused-ring (bicyclic) bond motifs is 2. The predicted octanol–water partition coefficient (Wildman–Crippen LogP) is 0.646. The molecule has 0 radical (unpaired) electrons. The monoisotopic (exact) mass is 404 g/mol. The molecule has 0 fully saturated rings. The van der Waals surface area contributed by atoms with Gasteiger partial charge in [0.1, 0.15) is 6.54 Å². The van der Waals surface area contributed by atoms with E-state index in [2.05, 4.69) is 26.1 Å². The maximum absolute atomic E-state index is 12.6. The Hall–Kier alpha value is -2.68. The molecule has 2 aliphatic heterocycles. The minimum Gasteiger partial charge on any atom is -0.336 e. The lowest BCUT2D eigenvalue weighted by Gasteiger charge is -2.27. The number of nitrogens with zero attached hydrogens (tertiary/aromatic N) is 2. The van der Waals surface area contributed by atoms with Gasteiger partial charge >= 0.3 is 0 Å². The molecular formula is C16H13BrN4O4. The maximum atomic E-state index is 12.6. The number of rotatable bonds is 2. The van der Waals surface area contributed by atoms with Gasteiger partial charge in [0.15, 0.2) is 0 Å². The normalized spacial score (nSPS) is 16.2. The first kappa shape index (κ1) is 15.8. The minimum absolute atomic E-state index is 0.168. The SMILES string of the molecule is O=C(CN1C(=O)c2ccc(Br)cc2C1=O)N1CCc2[nH][nH]c(=O)c2C1. The third-order valence-corrected chi connectivity index (χ3v) is 5.02. The standard InChI is InChI=1S/C16H13BrN4O4/c17-8-1-2-9-10(5-8)16(25)21(15(9)24)7-13(22)20-4-3-12-11(6-20)14(23)19-18-12/h1-2,5H,3-4,6-7H2,(H2,18,19,23). The molecule has 0 spiro atoms. The van der Waals surface area contributed by atoms with Crippen molar-refractivity contribution in [3.05, 3.63) is 55.4 Å². The first-order valence-electron chi connectivity index (χ1n) is 7.67. The van der Waals surface area contributed by atoms with Gasteiger partial charge in [-0.2, -0.15) is 0 Å². The summed E-state index contributed by atoms with van der Waals surface area (Å²) in [5.41, 5.74) is 1.64. The Morgan fingerprint density at radius 2 is 1.88 bits per heavy atom. The second-order valence-corrected chi connectivity index (χ2v) is 6.90. The predicted molar refractivity (Wildman–Crippen MR) is 90.0 cm³/mol. The smallest absolute Gasteiger partial charge is 0.269 e. The molecule has 8 nitrogen and oxygen atoms in total. The van der Waals surface area contributed by atoms with Crippen LogP contribution in [0.4, 0.5) is 0 Å². The Morgan fingerprint density at radius 1 is 1.12 bits per heavy atom. The van der Waals surface area contributed by atoms with E-state index in [0.717, 1.165) is 10.6 Å². The van der Waals surface area contributed by atoms with Gasteiger partial charge in [-0.05, 0) is 18.2 Å². The third-order valence-electron chi connectivity index (χ3n) is 4.52. The van der Waals surface area contributed by atoms with Crippen molar-refractivity contribution in [2.24, 2.45) is 0 Å². The molecule has 3 heterocycles. The summed E-state index contributed by atoms with van der Waals surface area (Å²) in [5, 5.41) is 5.29. The molecule has 9 heteroatoms. The number of benzene rings is 1. The van der Waals surface area contributed by atoms with E-state index in [4.69, 9.17) is 0 Å². The van der Waals surface area contributed by atoms with E-state index in [1.807, 2.05) is 0 Å². The molecule has 0 bridgehead atoms. The van der Waals surface area contributed by atoms with Crippen molar-refractivity contribution in [3.63, 3.8) is 0 Å². The van der Waals surface area contributed by atoms with Crippen LogP contribution < -0.4 is 5.56 Å². The molecule has 128 valence electrons. The van der Waals surface area contributed by atoms with Gasteiger partial charge in [-0.1, -0.05) is 15.9 Å². The lowest BCUT2D eigenvalue weighted by Crippen LogP contribution is -2.45. The Balaban J connectivity index is 1.53. The molecule has 2 N–H and O–H groups in total. The van der Waals surface area contributed by atoms with E-state index < -0.39 is 11.8 Å². The number of hydrogen-bond donors (Lipinski definition) is 2. The molecule has 2 aliphatic rings. The van der Waals surface area contributed by atoms with E-state index in [-0.39, 0.29) is 30.1 Å². The van der Waals surface area contributed by atoms with E-state index in [1.165, 1.54) is 4.90 Å². The largest absolute Gasteiger partial charge is 0.336 e. The molecular weight excluding hydrogens is 392 g/mol. The van der Waals surface area contributed by atoms with E-state index in [1.54, 1.807) is 18.2 Å². The molecule has 2 aromatic rings. The van der Waals surface area contributed by atoms with Crippen LogP contribution in [0, 0.1) is 0 Å². The highest BCUT2D eigenvalue weighted by Gasteiger charge is 2.38. The van der Waals surface area contributed by atoms with Crippen LogP contribution in [-0.4, -0.2) is 50.8 Å². The zero-order chi connectivity index (χ0) is 17.7. The first-order valence-corrected chi connectivity index (χ1v) is 8.47. The van der Waals surface area contributed by atoms with Crippen molar-refractivity contribution in [3.8, 4) is 0 Å². The van der Waals surface area contributed by atoms with E-state index >= 15 is 0 Å². The van der Waals surface area contributed by atoms with Crippen molar-refractivity contribution in [1.29, 1.82) is 0 Å². The quantitative estimate of drug-likeness (QED) is 0.716. The molecule has 0 aliphatic carbocycles. The number of imide groups is 1. The Morgan fingerprint density at radius 3 is 2.68 bits per heavy atom. The van der Waals surface area contributed by atoms with Crippen molar-refractivity contribution in [1.82, 2.24) is 20.0 Å². The Bertz CT molecular complexity index is 977. The molecule has 0 atom stereocenters. The number of nitrogens with one attached hydrogen (secondary N) is 2. The molecule has 0 saturated heterocycles. The van der Waals surface area contributed by atoms with Crippen molar-refractivity contribution >= 4 is 33.7 Å². The summed E-state index contributed by atoms with van der Waals surface area (Å²) >= 11 is 3.27. The van der Waals surface area contributed by atoms with Gasteiger partial charge in [0, 0.05) is 23.1 Å². The molecule has 1 aromatic heterocycles. The summed E-state index contributed by atoms with van der Waals surface area (Å²) < 4.78 is 0.691. The minimum atomic E-state index is -0.480. The third kappa shape index (κ3) is 2.51. The average Bonchev–Trinajstić information content (AvgIpc) is 3.08. The lowest BCUT2D eigenvalue weighted by atomic mass is 10.1. The molecule has 25 heavy (non-hydrogen) atoms. The van der Waals surface area contributed by atoms with Crippen molar-refractivity contribution < 1.29 is 14.4 Å². The van der Waals surface area contributed by atoms with Gasteiger partial charge in [0.05, 0.1) is 23.2 Å². The topological polar surface area (TPSA) is 106 Å². The second kappa shape index (κ2) is 5.69. The van der Waals surface area contributed by atoms with Crippen LogP contribution in [-0.2, 0) is 17.8 Å². The number of aromatic amines is 2. The van der Waals surface area contributed by atoms with Gasteiger partial charge in [0.25, 0.3) is 17.4 Å². The first-order chi connectivity index (χ1) is 12.0. The number of carbonyl (C=O) groups is 3. The van der Waals surface area contributed by atoms with E-state index in [0.29, 0.717) is 28.6 Å².